The summed E-state index contributed by atoms with van der Waals surface area (Å²) in [5.41, 5.74) is 1.40. The van der Waals surface area contributed by atoms with Gasteiger partial charge in [0.05, 0.1) is 5.69 Å². The van der Waals surface area contributed by atoms with Crippen LogP contribution >= 0.6 is 11.3 Å². The van der Waals surface area contributed by atoms with Crippen molar-refractivity contribution in [2.75, 3.05) is 31.1 Å². The Bertz CT molecular complexity index is 1110. The number of thiazole rings is 1. The molecule has 0 aliphatic carbocycles. The van der Waals surface area contributed by atoms with Crippen LogP contribution in [-0.2, 0) is 0 Å². The van der Waals surface area contributed by atoms with Gasteiger partial charge in [-0.1, -0.05) is 12.1 Å². The summed E-state index contributed by atoms with van der Waals surface area (Å²) in [6.07, 6.45) is 0. The number of benzene rings is 2. The number of amides is 1. The number of piperazine rings is 1. The number of Topliss-reactive ketones (excluding diaryl/α,β-unsaturated/α-hetero) is 1. The minimum atomic E-state index is -0.448. The zero-order valence-corrected chi connectivity index (χ0v) is 17.1. The van der Waals surface area contributed by atoms with Crippen LogP contribution in [0.5, 0.6) is 0 Å². The predicted octanol–water partition coefficient (Wildman–Crippen LogP) is 4.25. The molecule has 0 spiro atoms. The molecular formula is C22H19F2N3O2S. The first-order valence-electron chi connectivity index (χ1n) is 9.49. The van der Waals surface area contributed by atoms with Gasteiger partial charge in [0.2, 0.25) is 0 Å². The molecule has 1 fully saturated rings. The third-order valence-electron chi connectivity index (χ3n) is 5.09. The predicted molar refractivity (Wildman–Crippen MR) is 112 cm³/mol. The second-order valence-corrected chi connectivity index (χ2v) is 7.88. The van der Waals surface area contributed by atoms with Crippen molar-refractivity contribution in [1.29, 1.82) is 0 Å². The number of carbonyl (C=O) groups is 2. The molecule has 30 heavy (non-hydrogen) atoms. The van der Waals surface area contributed by atoms with Gasteiger partial charge in [-0.2, -0.15) is 0 Å². The Morgan fingerprint density at radius 3 is 2.40 bits per heavy atom. The molecule has 1 aromatic heterocycles. The van der Waals surface area contributed by atoms with E-state index in [1.165, 1.54) is 30.4 Å². The number of rotatable bonds is 4. The molecule has 2 heterocycles. The van der Waals surface area contributed by atoms with Gasteiger partial charge in [-0.15, -0.1) is 11.3 Å². The van der Waals surface area contributed by atoms with E-state index in [2.05, 4.69) is 4.98 Å². The number of carbonyl (C=O) groups excluding carboxylic acids is 2. The number of halogens is 2. The van der Waals surface area contributed by atoms with Crippen LogP contribution in [0, 0.1) is 11.6 Å². The minimum absolute atomic E-state index is 0.186. The summed E-state index contributed by atoms with van der Waals surface area (Å²) in [4.78, 5) is 32.0. The molecule has 1 amide bonds. The maximum absolute atomic E-state index is 14.4. The molecule has 0 N–H and O–H groups in total. The van der Waals surface area contributed by atoms with E-state index in [4.69, 9.17) is 0 Å². The lowest BCUT2D eigenvalue weighted by atomic mass is 10.1. The fourth-order valence-corrected chi connectivity index (χ4v) is 4.25. The summed E-state index contributed by atoms with van der Waals surface area (Å²) >= 11 is 1.23. The summed E-state index contributed by atoms with van der Waals surface area (Å²) in [6.45, 7) is 3.16. The molecule has 0 bridgehead atoms. The number of ketones is 1. The molecule has 1 saturated heterocycles. The standard InChI is InChI=1S/C22H19F2N3O2S/c1-14(28)15-6-7-20(18(24)12-15)26-8-10-27(11-9-26)22(29)19-13-30-21(25-19)16-4-2-3-5-17(16)23/h2-7,12-13H,8-11H2,1H3. The van der Waals surface area contributed by atoms with Crippen LogP contribution in [0.1, 0.15) is 27.8 Å². The van der Waals surface area contributed by atoms with Gasteiger partial charge in [-0.05, 0) is 37.3 Å². The van der Waals surface area contributed by atoms with E-state index in [1.807, 2.05) is 4.90 Å². The van der Waals surface area contributed by atoms with Crippen molar-refractivity contribution in [2.24, 2.45) is 0 Å². The van der Waals surface area contributed by atoms with E-state index in [1.54, 1.807) is 40.6 Å². The molecule has 0 radical (unpaired) electrons. The highest BCUT2D eigenvalue weighted by atomic mass is 32.1. The van der Waals surface area contributed by atoms with E-state index in [-0.39, 0.29) is 23.2 Å². The van der Waals surface area contributed by atoms with E-state index in [0.29, 0.717) is 48.0 Å². The molecule has 0 atom stereocenters. The molecule has 154 valence electrons. The van der Waals surface area contributed by atoms with Crippen LogP contribution in [0.25, 0.3) is 10.6 Å². The first-order valence-corrected chi connectivity index (χ1v) is 10.4. The summed E-state index contributed by atoms with van der Waals surface area (Å²) < 4.78 is 28.4. The lowest BCUT2D eigenvalue weighted by Gasteiger charge is -2.36. The number of aromatic nitrogens is 1. The molecule has 0 saturated carbocycles. The summed E-state index contributed by atoms with van der Waals surface area (Å²) in [7, 11) is 0. The van der Waals surface area contributed by atoms with Gasteiger partial charge >= 0.3 is 0 Å². The Morgan fingerprint density at radius 1 is 1.00 bits per heavy atom. The first kappa shape index (κ1) is 20.2. The maximum Gasteiger partial charge on any atom is 0.273 e. The third-order valence-corrected chi connectivity index (χ3v) is 5.96. The molecular weight excluding hydrogens is 408 g/mol. The fourth-order valence-electron chi connectivity index (χ4n) is 3.43. The average molecular weight is 427 g/mol. The Kier molecular flexibility index (Phi) is 5.59. The van der Waals surface area contributed by atoms with Gasteiger partial charge in [0.1, 0.15) is 22.3 Å². The van der Waals surface area contributed by atoms with Gasteiger partial charge in [-0.3, -0.25) is 9.59 Å². The lowest BCUT2D eigenvalue weighted by molar-refractivity contribution is 0.0741. The van der Waals surface area contributed by atoms with Crippen molar-refractivity contribution in [3.8, 4) is 10.6 Å². The Hall–Kier alpha value is -3.13. The highest BCUT2D eigenvalue weighted by molar-refractivity contribution is 7.13. The van der Waals surface area contributed by atoms with Gasteiger partial charge < -0.3 is 9.80 Å². The van der Waals surface area contributed by atoms with Crippen molar-refractivity contribution < 1.29 is 18.4 Å². The van der Waals surface area contributed by atoms with Gasteiger partial charge in [0, 0.05) is 42.7 Å². The molecule has 4 rings (SSSR count). The fraction of sp³-hybridized carbons (Fsp3) is 0.227. The summed E-state index contributed by atoms with van der Waals surface area (Å²) in [5.74, 6) is -1.23. The number of nitrogens with zero attached hydrogens (tertiary/aromatic N) is 3. The molecule has 3 aromatic rings. The molecule has 1 aliphatic heterocycles. The Balaban J connectivity index is 1.43. The number of hydrogen-bond donors (Lipinski definition) is 0. The summed E-state index contributed by atoms with van der Waals surface area (Å²) in [6, 6.07) is 10.8. The topological polar surface area (TPSA) is 53.5 Å². The Labute approximate surface area is 176 Å². The molecule has 0 unspecified atom stereocenters. The van der Waals surface area contributed by atoms with Crippen LogP contribution in [0.4, 0.5) is 14.5 Å². The Morgan fingerprint density at radius 2 is 1.73 bits per heavy atom. The first-order chi connectivity index (χ1) is 14.4. The quantitative estimate of drug-likeness (QED) is 0.584. The van der Waals surface area contributed by atoms with Crippen molar-refractivity contribution in [2.45, 2.75) is 6.92 Å². The second kappa shape index (κ2) is 8.31. The molecule has 1 aliphatic rings. The minimum Gasteiger partial charge on any atom is -0.366 e. The molecule has 5 nitrogen and oxygen atoms in total. The smallest absolute Gasteiger partial charge is 0.273 e. The van der Waals surface area contributed by atoms with Crippen molar-refractivity contribution in [1.82, 2.24) is 9.88 Å². The second-order valence-electron chi connectivity index (χ2n) is 7.02. The van der Waals surface area contributed by atoms with E-state index >= 15 is 0 Å². The molecule has 8 heteroatoms. The van der Waals surface area contributed by atoms with Crippen LogP contribution in [0.2, 0.25) is 0 Å². The zero-order chi connectivity index (χ0) is 21.3. The van der Waals surface area contributed by atoms with Gasteiger partial charge in [0.25, 0.3) is 5.91 Å². The van der Waals surface area contributed by atoms with Crippen LogP contribution < -0.4 is 4.90 Å². The average Bonchev–Trinajstić information content (AvgIpc) is 3.23. The van der Waals surface area contributed by atoms with Crippen molar-refractivity contribution >= 4 is 28.7 Å². The third kappa shape index (κ3) is 3.95. The maximum atomic E-state index is 14.4. The van der Waals surface area contributed by atoms with Crippen LogP contribution in [-0.4, -0.2) is 47.8 Å². The zero-order valence-electron chi connectivity index (χ0n) is 16.3. The highest BCUT2D eigenvalue weighted by Crippen LogP contribution is 2.27. The van der Waals surface area contributed by atoms with Crippen molar-refractivity contribution in [3.05, 3.63) is 70.7 Å². The largest absolute Gasteiger partial charge is 0.366 e. The van der Waals surface area contributed by atoms with Gasteiger partial charge in [0.15, 0.2) is 5.78 Å². The summed E-state index contributed by atoms with van der Waals surface area (Å²) in [5, 5.41) is 2.10. The van der Waals surface area contributed by atoms with E-state index in [9.17, 15) is 18.4 Å². The van der Waals surface area contributed by atoms with Crippen LogP contribution in [0.3, 0.4) is 0 Å². The lowest BCUT2D eigenvalue weighted by Crippen LogP contribution is -2.49. The van der Waals surface area contributed by atoms with Crippen molar-refractivity contribution in [3.63, 3.8) is 0 Å². The van der Waals surface area contributed by atoms with Gasteiger partial charge in [-0.25, -0.2) is 13.8 Å². The number of hydrogen-bond acceptors (Lipinski definition) is 5. The SMILES string of the molecule is CC(=O)c1ccc(N2CCN(C(=O)c3csc(-c4ccccc4F)n3)CC2)c(F)c1. The van der Waals surface area contributed by atoms with E-state index < -0.39 is 5.82 Å². The van der Waals surface area contributed by atoms with E-state index in [0.717, 1.165) is 0 Å². The normalized spacial score (nSPS) is 14.1. The highest BCUT2D eigenvalue weighted by Gasteiger charge is 2.25. The number of anilines is 1. The molecule has 2 aromatic carbocycles. The van der Waals surface area contributed by atoms with Crippen LogP contribution in [0.15, 0.2) is 47.8 Å². The monoisotopic (exact) mass is 427 g/mol.